The number of hydrogen-bond donors (Lipinski definition) is 2. The Morgan fingerprint density at radius 2 is 1.59 bits per heavy atom. The highest BCUT2D eigenvalue weighted by Gasteiger charge is 2.24. The molecule has 22 heavy (non-hydrogen) atoms. The van der Waals surface area contributed by atoms with Crippen LogP contribution in [-0.4, -0.2) is 11.1 Å². The highest BCUT2D eigenvalue weighted by molar-refractivity contribution is 5.94. The van der Waals surface area contributed by atoms with E-state index in [0.717, 1.165) is 16.8 Å². The summed E-state index contributed by atoms with van der Waals surface area (Å²) < 4.78 is 0. The van der Waals surface area contributed by atoms with E-state index < -0.39 is 6.10 Å². The Morgan fingerprint density at radius 1 is 0.818 bits per heavy atom. The van der Waals surface area contributed by atoms with Crippen molar-refractivity contribution in [2.75, 3.05) is 5.32 Å². The van der Waals surface area contributed by atoms with Gasteiger partial charge in [0.25, 0.3) is 0 Å². The van der Waals surface area contributed by atoms with Crippen LogP contribution in [0, 0.1) is 0 Å². The van der Waals surface area contributed by atoms with Crippen molar-refractivity contribution in [2.24, 2.45) is 0 Å². The molecule has 0 fully saturated rings. The molecule has 0 bridgehead atoms. The SMILES string of the molecule is O[C@@H]1c2ccccc2C=C[C@H]1Nc1cccc2ccccc12. The highest BCUT2D eigenvalue weighted by Crippen LogP contribution is 2.31. The van der Waals surface area contributed by atoms with E-state index in [2.05, 4.69) is 35.7 Å². The molecular weight excluding hydrogens is 270 g/mol. The maximum absolute atomic E-state index is 10.6. The maximum atomic E-state index is 10.6. The third kappa shape index (κ3) is 2.18. The summed E-state index contributed by atoms with van der Waals surface area (Å²) in [6.45, 7) is 0. The first-order valence-corrected chi connectivity index (χ1v) is 7.52. The van der Waals surface area contributed by atoms with E-state index in [4.69, 9.17) is 0 Å². The Bertz CT molecular complexity index is 848. The number of hydrogen-bond acceptors (Lipinski definition) is 2. The van der Waals surface area contributed by atoms with Crippen molar-refractivity contribution in [3.63, 3.8) is 0 Å². The lowest BCUT2D eigenvalue weighted by molar-refractivity contribution is 0.168. The van der Waals surface area contributed by atoms with Crippen LogP contribution < -0.4 is 5.32 Å². The third-order valence-electron chi connectivity index (χ3n) is 4.25. The van der Waals surface area contributed by atoms with Crippen LogP contribution in [0.1, 0.15) is 17.2 Å². The quantitative estimate of drug-likeness (QED) is 0.733. The van der Waals surface area contributed by atoms with Gasteiger partial charge < -0.3 is 10.4 Å². The van der Waals surface area contributed by atoms with Gasteiger partial charge in [-0.3, -0.25) is 0 Å². The van der Waals surface area contributed by atoms with Crippen molar-refractivity contribution < 1.29 is 5.11 Å². The Kier molecular flexibility index (Phi) is 3.17. The molecule has 2 nitrogen and oxygen atoms in total. The monoisotopic (exact) mass is 287 g/mol. The summed E-state index contributed by atoms with van der Waals surface area (Å²) in [5.74, 6) is 0. The Hall–Kier alpha value is -2.58. The lowest BCUT2D eigenvalue weighted by Crippen LogP contribution is -2.28. The minimum absolute atomic E-state index is 0.124. The number of nitrogens with one attached hydrogen (secondary N) is 1. The van der Waals surface area contributed by atoms with Crippen LogP contribution in [0.25, 0.3) is 16.8 Å². The van der Waals surface area contributed by atoms with Crippen molar-refractivity contribution in [3.8, 4) is 0 Å². The fraction of sp³-hybridized carbons (Fsp3) is 0.100. The van der Waals surface area contributed by atoms with Crippen molar-refractivity contribution in [2.45, 2.75) is 12.1 Å². The number of benzene rings is 3. The van der Waals surface area contributed by atoms with Crippen LogP contribution in [0.3, 0.4) is 0 Å². The van der Waals surface area contributed by atoms with Crippen LogP contribution in [0.15, 0.2) is 72.8 Å². The summed E-state index contributed by atoms with van der Waals surface area (Å²) in [5, 5.41) is 16.5. The first kappa shape index (κ1) is 13.1. The molecule has 4 rings (SSSR count). The largest absolute Gasteiger partial charge is 0.386 e. The highest BCUT2D eigenvalue weighted by atomic mass is 16.3. The molecular formula is C20H17NO. The molecule has 0 saturated carbocycles. The van der Waals surface area contributed by atoms with Crippen molar-refractivity contribution >= 4 is 22.5 Å². The van der Waals surface area contributed by atoms with Crippen LogP contribution in [-0.2, 0) is 0 Å². The van der Waals surface area contributed by atoms with Crippen molar-refractivity contribution in [3.05, 3.63) is 83.9 Å². The van der Waals surface area contributed by atoms with Crippen LogP contribution in [0.2, 0.25) is 0 Å². The van der Waals surface area contributed by atoms with Gasteiger partial charge in [-0.2, -0.15) is 0 Å². The summed E-state index contributed by atoms with van der Waals surface area (Å²) in [5.41, 5.74) is 3.11. The molecule has 0 spiro atoms. The minimum Gasteiger partial charge on any atom is -0.386 e. The smallest absolute Gasteiger partial charge is 0.103 e. The molecule has 0 heterocycles. The van der Waals surface area contributed by atoms with Crippen LogP contribution in [0.4, 0.5) is 5.69 Å². The van der Waals surface area contributed by atoms with Gasteiger partial charge in [0.05, 0.1) is 6.04 Å². The number of rotatable bonds is 2. The van der Waals surface area contributed by atoms with E-state index in [1.807, 2.05) is 48.5 Å². The number of fused-ring (bicyclic) bond motifs is 2. The fourth-order valence-corrected chi connectivity index (χ4v) is 3.10. The average Bonchev–Trinajstić information content (AvgIpc) is 2.58. The molecule has 2 atom stereocenters. The van der Waals surface area contributed by atoms with Gasteiger partial charge in [-0.15, -0.1) is 0 Å². The lowest BCUT2D eigenvalue weighted by Gasteiger charge is -2.27. The fourth-order valence-electron chi connectivity index (χ4n) is 3.10. The number of aliphatic hydroxyl groups is 1. The van der Waals surface area contributed by atoms with E-state index in [1.54, 1.807) is 0 Å². The van der Waals surface area contributed by atoms with Gasteiger partial charge in [0.2, 0.25) is 0 Å². The number of aliphatic hydroxyl groups excluding tert-OH is 1. The normalized spacial score (nSPS) is 19.9. The van der Waals surface area contributed by atoms with Gasteiger partial charge >= 0.3 is 0 Å². The second-order valence-electron chi connectivity index (χ2n) is 5.63. The summed E-state index contributed by atoms with van der Waals surface area (Å²) in [7, 11) is 0. The zero-order chi connectivity index (χ0) is 14.9. The summed E-state index contributed by atoms with van der Waals surface area (Å²) in [4.78, 5) is 0. The van der Waals surface area contributed by atoms with E-state index in [0.29, 0.717) is 0 Å². The van der Waals surface area contributed by atoms with E-state index in [1.165, 1.54) is 10.8 Å². The molecule has 0 amide bonds. The predicted molar refractivity (Wildman–Crippen MR) is 91.8 cm³/mol. The third-order valence-corrected chi connectivity index (χ3v) is 4.25. The Morgan fingerprint density at radius 3 is 2.55 bits per heavy atom. The Balaban J connectivity index is 1.70. The van der Waals surface area contributed by atoms with Gasteiger partial charge in [0, 0.05) is 11.1 Å². The van der Waals surface area contributed by atoms with Gasteiger partial charge in [-0.25, -0.2) is 0 Å². The summed E-state index contributed by atoms with van der Waals surface area (Å²) in [6, 6.07) is 22.3. The first-order chi connectivity index (χ1) is 10.8. The molecule has 3 aromatic carbocycles. The van der Waals surface area contributed by atoms with E-state index in [9.17, 15) is 5.11 Å². The van der Waals surface area contributed by atoms with Gasteiger partial charge in [-0.1, -0.05) is 72.8 Å². The molecule has 2 heteroatoms. The second kappa shape index (κ2) is 5.32. The van der Waals surface area contributed by atoms with E-state index in [-0.39, 0.29) is 6.04 Å². The van der Waals surface area contributed by atoms with Gasteiger partial charge in [0.1, 0.15) is 6.10 Å². The Labute approximate surface area is 129 Å². The molecule has 1 aliphatic rings. The van der Waals surface area contributed by atoms with E-state index >= 15 is 0 Å². The molecule has 0 unspecified atom stereocenters. The number of anilines is 1. The molecule has 108 valence electrons. The maximum Gasteiger partial charge on any atom is 0.103 e. The standard InChI is InChI=1S/C20H17NO/c22-20-17-10-4-2-7-15(17)12-13-19(20)21-18-11-5-8-14-6-1-3-9-16(14)18/h1-13,19-22H/t19-,20-/m1/s1. The lowest BCUT2D eigenvalue weighted by atomic mass is 9.91. The first-order valence-electron chi connectivity index (χ1n) is 7.52. The summed E-state index contributed by atoms with van der Waals surface area (Å²) in [6.07, 6.45) is 3.57. The molecule has 0 aliphatic heterocycles. The topological polar surface area (TPSA) is 32.3 Å². The van der Waals surface area contributed by atoms with Crippen molar-refractivity contribution in [1.29, 1.82) is 0 Å². The summed E-state index contributed by atoms with van der Waals surface area (Å²) >= 11 is 0. The zero-order valence-corrected chi connectivity index (χ0v) is 12.1. The zero-order valence-electron chi connectivity index (χ0n) is 12.1. The minimum atomic E-state index is -0.542. The molecule has 0 saturated heterocycles. The molecule has 1 aliphatic carbocycles. The molecule has 0 radical (unpaired) electrons. The van der Waals surface area contributed by atoms with Crippen LogP contribution >= 0.6 is 0 Å². The second-order valence-corrected chi connectivity index (χ2v) is 5.63. The van der Waals surface area contributed by atoms with Crippen LogP contribution in [0.5, 0.6) is 0 Å². The van der Waals surface area contributed by atoms with Gasteiger partial charge in [-0.05, 0) is 22.6 Å². The molecule has 3 aromatic rings. The van der Waals surface area contributed by atoms with Gasteiger partial charge in [0.15, 0.2) is 0 Å². The average molecular weight is 287 g/mol. The molecule has 2 N–H and O–H groups in total. The predicted octanol–water partition coefficient (Wildman–Crippen LogP) is 4.38. The van der Waals surface area contributed by atoms with Crippen molar-refractivity contribution in [1.82, 2.24) is 0 Å². The molecule has 0 aromatic heterocycles.